The smallest absolute Gasteiger partial charge is 0.322 e. The molecule has 0 bridgehead atoms. The number of carbonyl (C=O) groups is 2. The highest BCUT2D eigenvalue weighted by atomic mass is 32.2. The summed E-state index contributed by atoms with van der Waals surface area (Å²) in [6.07, 6.45) is 1.66. The predicted molar refractivity (Wildman–Crippen MR) is 147 cm³/mol. The third-order valence-corrected chi connectivity index (χ3v) is 7.94. The molecule has 0 saturated carbocycles. The number of carboxylic acid groups (broad SMARTS) is 1. The minimum Gasteiger partial charge on any atom is -0.480 e. The van der Waals surface area contributed by atoms with E-state index in [0.29, 0.717) is 28.1 Å². The number of anilines is 1. The first-order valence-corrected chi connectivity index (χ1v) is 13.5. The highest BCUT2D eigenvalue weighted by Crippen LogP contribution is 2.25. The average Bonchev–Trinajstić information content (AvgIpc) is 3.38. The van der Waals surface area contributed by atoms with E-state index in [9.17, 15) is 23.1 Å². The van der Waals surface area contributed by atoms with Gasteiger partial charge in [-0.3, -0.25) is 9.59 Å². The molecular formula is C29H29N3O5S. The van der Waals surface area contributed by atoms with Gasteiger partial charge in [0.1, 0.15) is 11.7 Å². The summed E-state index contributed by atoms with van der Waals surface area (Å²) in [5.74, 6) is -1.51. The maximum absolute atomic E-state index is 13.1. The number of H-pyrrole nitrogens is 1. The SMILES string of the molecule is Cc1cc(C)c(S(=O)(=O)N[C@@H](Cc2ccc(-c3cccc(NC(=O)c4ccc[nH]4)c3)cc2)C(=O)O)c(C)c1. The molecule has 0 spiro atoms. The van der Waals surface area contributed by atoms with Crippen LogP contribution in [-0.2, 0) is 21.2 Å². The summed E-state index contributed by atoms with van der Waals surface area (Å²) in [7, 11) is -4.05. The van der Waals surface area contributed by atoms with E-state index in [1.807, 2.05) is 37.3 Å². The van der Waals surface area contributed by atoms with Gasteiger partial charge in [0.05, 0.1) is 4.90 Å². The van der Waals surface area contributed by atoms with E-state index in [4.69, 9.17) is 0 Å². The Hall–Kier alpha value is -4.21. The number of sulfonamides is 1. The van der Waals surface area contributed by atoms with Crippen molar-refractivity contribution in [1.82, 2.24) is 9.71 Å². The monoisotopic (exact) mass is 531 g/mol. The van der Waals surface area contributed by atoms with Crippen molar-refractivity contribution in [1.29, 1.82) is 0 Å². The Labute approximate surface area is 221 Å². The topological polar surface area (TPSA) is 128 Å². The molecule has 0 aliphatic carbocycles. The van der Waals surface area contributed by atoms with Gasteiger partial charge < -0.3 is 15.4 Å². The second-order valence-corrected chi connectivity index (χ2v) is 10.9. The summed E-state index contributed by atoms with van der Waals surface area (Å²) < 4.78 is 28.6. The number of benzene rings is 3. The van der Waals surface area contributed by atoms with Crippen molar-refractivity contribution >= 4 is 27.6 Å². The number of aromatic amines is 1. The van der Waals surface area contributed by atoms with Gasteiger partial charge in [-0.2, -0.15) is 4.72 Å². The predicted octanol–water partition coefficient (Wildman–Crippen LogP) is 4.83. The molecule has 0 fully saturated rings. The zero-order valence-corrected chi connectivity index (χ0v) is 22.1. The van der Waals surface area contributed by atoms with Gasteiger partial charge in [-0.1, -0.05) is 54.1 Å². The van der Waals surface area contributed by atoms with Crippen LogP contribution in [0.2, 0.25) is 0 Å². The lowest BCUT2D eigenvalue weighted by Crippen LogP contribution is -2.42. The summed E-state index contributed by atoms with van der Waals surface area (Å²) in [5.41, 5.74) is 5.54. The van der Waals surface area contributed by atoms with Crippen LogP contribution >= 0.6 is 0 Å². The lowest BCUT2D eigenvalue weighted by molar-refractivity contribution is -0.138. The van der Waals surface area contributed by atoms with E-state index in [1.54, 1.807) is 62.5 Å². The third kappa shape index (κ3) is 6.19. The second-order valence-electron chi connectivity index (χ2n) is 9.26. The van der Waals surface area contributed by atoms with Gasteiger partial charge in [0.2, 0.25) is 10.0 Å². The van der Waals surface area contributed by atoms with Crippen LogP contribution in [0.3, 0.4) is 0 Å². The number of hydrogen-bond donors (Lipinski definition) is 4. The fraction of sp³-hybridized carbons (Fsp3) is 0.172. The van der Waals surface area contributed by atoms with Crippen molar-refractivity contribution in [3.8, 4) is 11.1 Å². The molecular weight excluding hydrogens is 502 g/mol. The van der Waals surface area contributed by atoms with Crippen molar-refractivity contribution in [3.05, 3.63) is 107 Å². The van der Waals surface area contributed by atoms with Crippen LogP contribution in [0.4, 0.5) is 5.69 Å². The molecule has 4 aromatic rings. The average molecular weight is 532 g/mol. The van der Waals surface area contributed by atoms with Crippen LogP contribution < -0.4 is 10.0 Å². The molecule has 4 rings (SSSR count). The molecule has 9 heteroatoms. The molecule has 4 N–H and O–H groups in total. The maximum Gasteiger partial charge on any atom is 0.322 e. The van der Waals surface area contributed by atoms with E-state index >= 15 is 0 Å². The lowest BCUT2D eigenvalue weighted by atomic mass is 10.0. The largest absolute Gasteiger partial charge is 0.480 e. The van der Waals surface area contributed by atoms with Crippen LogP contribution in [0.15, 0.2) is 83.9 Å². The van der Waals surface area contributed by atoms with E-state index in [1.165, 1.54) is 0 Å². The third-order valence-electron chi connectivity index (χ3n) is 6.16. The molecule has 1 heterocycles. The molecule has 0 aliphatic rings. The van der Waals surface area contributed by atoms with Crippen LogP contribution in [0.25, 0.3) is 11.1 Å². The fourth-order valence-corrected chi connectivity index (χ4v) is 6.17. The number of carboxylic acids is 1. The van der Waals surface area contributed by atoms with Crippen molar-refractivity contribution in [2.45, 2.75) is 38.1 Å². The van der Waals surface area contributed by atoms with E-state index < -0.39 is 22.0 Å². The lowest BCUT2D eigenvalue weighted by Gasteiger charge is -2.18. The second kappa shape index (κ2) is 11.0. The van der Waals surface area contributed by atoms with Crippen molar-refractivity contribution in [2.75, 3.05) is 5.32 Å². The fourth-order valence-electron chi connectivity index (χ4n) is 4.53. The zero-order valence-electron chi connectivity index (χ0n) is 21.3. The Bertz CT molecular complexity index is 1550. The maximum atomic E-state index is 13.1. The summed E-state index contributed by atoms with van der Waals surface area (Å²) in [5, 5.41) is 12.6. The van der Waals surface area contributed by atoms with Gasteiger partial charge in [-0.25, -0.2) is 8.42 Å². The number of amides is 1. The van der Waals surface area contributed by atoms with Crippen molar-refractivity contribution in [2.24, 2.45) is 0 Å². The van der Waals surface area contributed by atoms with Crippen LogP contribution in [0.5, 0.6) is 0 Å². The Kier molecular flexibility index (Phi) is 7.80. The molecule has 0 aliphatic heterocycles. The first kappa shape index (κ1) is 26.8. The van der Waals surface area contributed by atoms with Gasteiger partial charge in [0.25, 0.3) is 5.91 Å². The number of rotatable bonds is 9. The molecule has 0 radical (unpaired) electrons. The zero-order chi connectivity index (χ0) is 27.4. The van der Waals surface area contributed by atoms with Crippen LogP contribution in [-0.4, -0.2) is 36.4 Å². The first-order valence-electron chi connectivity index (χ1n) is 12.0. The van der Waals surface area contributed by atoms with Gasteiger partial charge in [0.15, 0.2) is 0 Å². The highest BCUT2D eigenvalue weighted by molar-refractivity contribution is 7.89. The standard InChI is InChI=1S/C29H29N3O5S/c1-18-14-19(2)27(20(3)15-18)38(36,37)32-26(29(34)35)16-21-9-11-22(12-10-21)23-6-4-7-24(17-23)31-28(33)25-8-5-13-30-25/h4-15,17,26,30,32H,16H2,1-3H3,(H,31,33)(H,34,35)/t26-/m0/s1. The number of hydrogen-bond acceptors (Lipinski definition) is 4. The Morgan fingerprint density at radius 1 is 0.895 bits per heavy atom. The quantitative estimate of drug-likeness (QED) is 0.246. The molecule has 8 nitrogen and oxygen atoms in total. The molecule has 0 saturated heterocycles. The van der Waals surface area contributed by atoms with Gasteiger partial charge in [0, 0.05) is 11.9 Å². The number of carbonyl (C=O) groups excluding carboxylic acids is 1. The minimum atomic E-state index is -4.05. The summed E-state index contributed by atoms with van der Waals surface area (Å²) in [6, 6.07) is 20.2. The molecule has 1 aromatic heterocycles. The van der Waals surface area contributed by atoms with E-state index in [2.05, 4.69) is 15.0 Å². The van der Waals surface area contributed by atoms with Crippen LogP contribution in [0, 0.1) is 20.8 Å². The number of aromatic nitrogens is 1. The molecule has 3 aromatic carbocycles. The Morgan fingerprint density at radius 3 is 2.18 bits per heavy atom. The molecule has 196 valence electrons. The van der Waals surface area contributed by atoms with E-state index in [0.717, 1.165) is 16.7 Å². The van der Waals surface area contributed by atoms with Gasteiger partial charge >= 0.3 is 5.97 Å². The molecule has 38 heavy (non-hydrogen) atoms. The molecule has 0 unspecified atom stereocenters. The van der Waals surface area contributed by atoms with Crippen molar-refractivity contribution in [3.63, 3.8) is 0 Å². The number of aliphatic carboxylic acids is 1. The van der Waals surface area contributed by atoms with Gasteiger partial charge in [-0.05, 0) is 79.3 Å². The molecule has 1 atom stereocenters. The minimum absolute atomic E-state index is 0.0228. The Balaban J connectivity index is 1.49. The van der Waals surface area contributed by atoms with Gasteiger partial charge in [-0.15, -0.1) is 0 Å². The normalized spacial score (nSPS) is 12.2. The Morgan fingerprint density at radius 2 is 1.58 bits per heavy atom. The summed E-state index contributed by atoms with van der Waals surface area (Å²) in [6.45, 7) is 5.27. The number of nitrogens with one attached hydrogen (secondary N) is 3. The summed E-state index contributed by atoms with van der Waals surface area (Å²) >= 11 is 0. The van der Waals surface area contributed by atoms with E-state index in [-0.39, 0.29) is 17.2 Å². The van der Waals surface area contributed by atoms with Crippen molar-refractivity contribution < 1.29 is 23.1 Å². The van der Waals surface area contributed by atoms with Crippen LogP contribution in [0.1, 0.15) is 32.7 Å². The molecule has 1 amide bonds. The first-order chi connectivity index (χ1) is 18.0. The number of aryl methyl sites for hydroxylation is 3. The summed E-state index contributed by atoms with van der Waals surface area (Å²) in [4.78, 5) is 27.3. The highest BCUT2D eigenvalue weighted by Gasteiger charge is 2.28.